The van der Waals surface area contributed by atoms with E-state index in [4.69, 9.17) is 4.74 Å². The van der Waals surface area contributed by atoms with E-state index in [1.54, 1.807) is 20.1 Å². The molecule has 0 bridgehead atoms. The van der Waals surface area contributed by atoms with Crippen LogP contribution in [0.25, 0.3) is 0 Å². The van der Waals surface area contributed by atoms with E-state index in [1.165, 1.54) is 24.3 Å². The van der Waals surface area contributed by atoms with Crippen LogP contribution in [0, 0.1) is 17.5 Å². The van der Waals surface area contributed by atoms with Gasteiger partial charge in [-0.15, -0.1) is 0 Å². The number of hydrogen-bond acceptors (Lipinski definition) is 4. The van der Waals surface area contributed by atoms with Gasteiger partial charge in [0.05, 0.1) is 19.7 Å². The Labute approximate surface area is 174 Å². The van der Waals surface area contributed by atoms with E-state index in [9.17, 15) is 18.0 Å². The lowest BCUT2D eigenvalue weighted by atomic mass is 10.1. The van der Waals surface area contributed by atoms with Gasteiger partial charge in [0.15, 0.2) is 0 Å². The molecule has 1 N–H and O–H groups in total. The van der Waals surface area contributed by atoms with Crippen LogP contribution in [-0.4, -0.2) is 55.5 Å². The van der Waals surface area contributed by atoms with Crippen LogP contribution in [0.15, 0.2) is 36.4 Å². The molecule has 30 heavy (non-hydrogen) atoms. The molecule has 1 amide bonds. The highest BCUT2D eigenvalue weighted by molar-refractivity contribution is 5.78. The maximum absolute atomic E-state index is 13.9. The SMILES string of the molecule is COc1ccc(F)cc1CN1CCN(CC(=O)N[C@@H](C)c2ccc(F)cc2F)CC1. The van der Waals surface area contributed by atoms with Gasteiger partial charge in [0.2, 0.25) is 5.91 Å². The number of halogens is 3. The summed E-state index contributed by atoms with van der Waals surface area (Å²) in [4.78, 5) is 16.5. The van der Waals surface area contributed by atoms with E-state index in [1.807, 2.05) is 4.90 Å². The topological polar surface area (TPSA) is 44.8 Å². The van der Waals surface area contributed by atoms with Crippen molar-refractivity contribution in [2.45, 2.75) is 19.5 Å². The van der Waals surface area contributed by atoms with Crippen molar-refractivity contribution in [3.05, 3.63) is 65.0 Å². The number of carbonyl (C=O) groups is 1. The first-order valence-corrected chi connectivity index (χ1v) is 9.87. The summed E-state index contributed by atoms with van der Waals surface area (Å²) in [6.07, 6.45) is 0. The molecule has 1 saturated heterocycles. The van der Waals surface area contributed by atoms with Crippen LogP contribution in [0.3, 0.4) is 0 Å². The lowest BCUT2D eigenvalue weighted by Crippen LogP contribution is -2.49. The number of hydrogen-bond donors (Lipinski definition) is 1. The molecule has 2 aromatic carbocycles. The summed E-state index contributed by atoms with van der Waals surface area (Å²) in [5, 5.41) is 2.76. The molecule has 0 radical (unpaired) electrons. The molecule has 3 rings (SSSR count). The Hall–Kier alpha value is -2.58. The molecular weight excluding hydrogens is 395 g/mol. The third-order valence-electron chi connectivity index (χ3n) is 5.28. The van der Waals surface area contributed by atoms with Gasteiger partial charge < -0.3 is 10.1 Å². The molecule has 0 unspecified atom stereocenters. The minimum atomic E-state index is -0.677. The Morgan fingerprint density at radius 3 is 2.33 bits per heavy atom. The van der Waals surface area contributed by atoms with Gasteiger partial charge in [-0.3, -0.25) is 14.6 Å². The Balaban J connectivity index is 1.47. The normalized spacial score (nSPS) is 16.3. The van der Waals surface area contributed by atoms with Crippen LogP contribution in [0.5, 0.6) is 5.75 Å². The molecular formula is C22H26F3N3O2. The van der Waals surface area contributed by atoms with Crippen LogP contribution in [0.2, 0.25) is 0 Å². The van der Waals surface area contributed by atoms with E-state index in [0.29, 0.717) is 25.4 Å². The van der Waals surface area contributed by atoms with Gasteiger partial charge in [-0.1, -0.05) is 6.07 Å². The molecule has 1 fully saturated rings. The zero-order chi connectivity index (χ0) is 21.7. The second-order valence-electron chi connectivity index (χ2n) is 7.46. The Morgan fingerprint density at radius 1 is 1.03 bits per heavy atom. The first-order chi connectivity index (χ1) is 14.4. The van der Waals surface area contributed by atoms with Crippen LogP contribution >= 0.6 is 0 Å². The molecule has 1 heterocycles. The number of methoxy groups -OCH3 is 1. The molecule has 1 aliphatic rings. The van der Waals surface area contributed by atoms with Gasteiger partial charge in [-0.25, -0.2) is 13.2 Å². The number of piperazine rings is 1. The molecule has 2 aromatic rings. The zero-order valence-electron chi connectivity index (χ0n) is 17.1. The lowest BCUT2D eigenvalue weighted by molar-refractivity contribution is -0.123. The van der Waals surface area contributed by atoms with Gasteiger partial charge in [-0.05, 0) is 31.2 Å². The van der Waals surface area contributed by atoms with Gasteiger partial charge in [0.1, 0.15) is 23.2 Å². The van der Waals surface area contributed by atoms with Gasteiger partial charge in [-0.2, -0.15) is 0 Å². The van der Waals surface area contributed by atoms with Crippen molar-refractivity contribution in [1.82, 2.24) is 15.1 Å². The zero-order valence-corrected chi connectivity index (χ0v) is 17.1. The fourth-order valence-corrected chi connectivity index (χ4v) is 3.64. The number of ether oxygens (including phenoxy) is 1. The summed E-state index contributed by atoms with van der Waals surface area (Å²) in [5.74, 6) is -1.19. The van der Waals surface area contributed by atoms with Crippen LogP contribution in [0.1, 0.15) is 24.1 Å². The number of amides is 1. The third-order valence-corrected chi connectivity index (χ3v) is 5.28. The first kappa shape index (κ1) is 22.1. The van der Waals surface area contributed by atoms with Gasteiger partial charge in [0, 0.05) is 49.9 Å². The minimum absolute atomic E-state index is 0.199. The smallest absolute Gasteiger partial charge is 0.234 e. The first-order valence-electron chi connectivity index (χ1n) is 9.87. The highest BCUT2D eigenvalue weighted by atomic mass is 19.1. The second-order valence-corrected chi connectivity index (χ2v) is 7.46. The number of nitrogens with one attached hydrogen (secondary N) is 1. The molecule has 0 saturated carbocycles. The van der Waals surface area contributed by atoms with Crippen molar-refractivity contribution in [1.29, 1.82) is 0 Å². The number of rotatable bonds is 7. The van der Waals surface area contributed by atoms with E-state index in [0.717, 1.165) is 24.7 Å². The van der Waals surface area contributed by atoms with Crippen LogP contribution in [0.4, 0.5) is 13.2 Å². The third kappa shape index (κ3) is 5.73. The van der Waals surface area contributed by atoms with E-state index >= 15 is 0 Å². The van der Waals surface area contributed by atoms with Crippen molar-refractivity contribution >= 4 is 5.91 Å². The molecule has 1 aliphatic heterocycles. The van der Waals surface area contributed by atoms with E-state index in [-0.39, 0.29) is 23.8 Å². The summed E-state index contributed by atoms with van der Waals surface area (Å²) in [6.45, 7) is 5.27. The average Bonchev–Trinajstić information content (AvgIpc) is 2.69. The molecule has 5 nitrogen and oxygen atoms in total. The molecule has 0 aromatic heterocycles. The van der Waals surface area contributed by atoms with Crippen molar-refractivity contribution in [3.63, 3.8) is 0 Å². The van der Waals surface area contributed by atoms with Crippen molar-refractivity contribution in [2.24, 2.45) is 0 Å². The highest BCUT2D eigenvalue weighted by Crippen LogP contribution is 2.22. The lowest BCUT2D eigenvalue weighted by Gasteiger charge is -2.34. The second kappa shape index (κ2) is 9.95. The molecule has 8 heteroatoms. The van der Waals surface area contributed by atoms with Crippen LogP contribution in [-0.2, 0) is 11.3 Å². The average molecular weight is 421 g/mol. The van der Waals surface area contributed by atoms with Gasteiger partial charge in [0.25, 0.3) is 0 Å². The van der Waals surface area contributed by atoms with E-state index in [2.05, 4.69) is 10.2 Å². The van der Waals surface area contributed by atoms with Crippen molar-refractivity contribution < 1.29 is 22.7 Å². The van der Waals surface area contributed by atoms with Crippen LogP contribution < -0.4 is 10.1 Å². The quantitative estimate of drug-likeness (QED) is 0.746. The predicted molar refractivity (Wildman–Crippen MR) is 108 cm³/mol. The summed E-state index contributed by atoms with van der Waals surface area (Å²) in [5.41, 5.74) is 1.04. The fourth-order valence-electron chi connectivity index (χ4n) is 3.64. The molecule has 0 spiro atoms. The Kier molecular flexibility index (Phi) is 7.33. The monoisotopic (exact) mass is 421 g/mol. The molecule has 1 atom stereocenters. The van der Waals surface area contributed by atoms with Crippen molar-refractivity contribution in [2.75, 3.05) is 39.8 Å². The highest BCUT2D eigenvalue weighted by Gasteiger charge is 2.21. The van der Waals surface area contributed by atoms with Gasteiger partial charge >= 0.3 is 0 Å². The number of carbonyl (C=O) groups excluding carboxylic acids is 1. The standard InChI is InChI=1S/C22H26F3N3O2/c1-15(19-5-3-18(24)12-20(19)25)26-22(29)14-28-9-7-27(8-10-28)13-16-11-17(23)4-6-21(16)30-2/h3-6,11-12,15H,7-10,13-14H2,1-2H3,(H,26,29)/t15-/m0/s1. The summed E-state index contributed by atoms with van der Waals surface area (Å²) in [7, 11) is 1.56. The fraction of sp³-hybridized carbons (Fsp3) is 0.409. The minimum Gasteiger partial charge on any atom is -0.496 e. The van der Waals surface area contributed by atoms with Crippen molar-refractivity contribution in [3.8, 4) is 5.75 Å². The number of nitrogens with zero attached hydrogens (tertiary/aromatic N) is 2. The summed E-state index contributed by atoms with van der Waals surface area (Å²) >= 11 is 0. The maximum atomic E-state index is 13.9. The number of benzene rings is 2. The predicted octanol–water partition coefficient (Wildman–Crippen LogP) is 3.11. The Morgan fingerprint density at radius 2 is 1.67 bits per heavy atom. The maximum Gasteiger partial charge on any atom is 0.234 e. The van der Waals surface area contributed by atoms with E-state index < -0.39 is 17.7 Å². The summed E-state index contributed by atoms with van der Waals surface area (Å²) < 4.78 is 45.8. The molecule has 162 valence electrons. The summed E-state index contributed by atoms with van der Waals surface area (Å²) in [6, 6.07) is 7.25. The largest absolute Gasteiger partial charge is 0.496 e. The molecule has 0 aliphatic carbocycles. The Bertz CT molecular complexity index is 886.